The summed E-state index contributed by atoms with van der Waals surface area (Å²) >= 11 is 0. The summed E-state index contributed by atoms with van der Waals surface area (Å²) in [6.45, 7) is 2.29. The molecule has 1 atom stereocenters. The molecule has 0 aliphatic rings. The topological polar surface area (TPSA) is 0 Å². The molecule has 0 saturated carbocycles. The zero-order chi connectivity index (χ0) is 10.5. The highest BCUT2D eigenvalue weighted by atomic mass is 31.0. The first kappa shape index (κ1) is 14.4. The van der Waals surface area contributed by atoms with Crippen molar-refractivity contribution < 1.29 is 0 Å². The lowest BCUT2D eigenvalue weighted by Gasteiger charge is -2.01. The molecule has 0 aromatic rings. The molecule has 14 heavy (non-hydrogen) atoms. The summed E-state index contributed by atoms with van der Waals surface area (Å²) in [5.74, 6) is 0. The average molecular weight is 217 g/mol. The van der Waals surface area contributed by atoms with E-state index in [-0.39, 0.29) is 0 Å². The third kappa shape index (κ3) is 12.4. The Morgan fingerprint density at radius 1 is 0.571 bits per heavy atom. The van der Waals surface area contributed by atoms with Crippen LogP contribution in [0.1, 0.15) is 77.6 Å². The maximum atomic E-state index is 2.29. The van der Waals surface area contributed by atoms with Crippen LogP contribution in [0.15, 0.2) is 0 Å². The van der Waals surface area contributed by atoms with E-state index >= 15 is 0 Å². The summed E-state index contributed by atoms with van der Waals surface area (Å²) in [7, 11) is 2.11. The summed E-state index contributed by atoms with van der Waals surface area (Å²) in [5, 5.41) is 0. The Kier molecular flexibility index (Phi) is 13.8. The number of hydrogen-bond donors (Lipinski definition) is 0. The third-order valence-corrected chi connectivity index (χ3v) is 3.35. The minimum atomic E-state index is 1.37. The summed E-state index contributed by atoms with van der Waals surface area (Å²) in [6, 6.07) is 0. The van der Waals surface area contributed by atoms with Crippen molar-refractivity contribution in [2.75, 3.05) is 6.16 Å². The van der Waals surface area contributed by atoms with E-state index < -0.39 is 0 Å². The van der Waals surface area contributed by atoms with Crippen LogP contribution in [0.3, 0.4) is 0 Å². The van der Waals surface area contributed by atoms with Crippen LogP contribution < -0.4 is 0 Å². The molecule has 86 valence electrons. The van der Waals surface area contributed by atoms with Gasteiger partial charge in [-0.05, 0) is 22.1 Å². The molecule has 0 heterocycles. The highest BCUT2D eigenvalue weighted by Crippen LogP contribution is 2.11. The van der Waals surface area contributed by atoms with Crippen LogP contribution in [0.4, 0.5) is 0 Å². The van der Waals surface area contributed by atoms with E-state index in [1.54, 1.807) is 0 Å². The molecule has 0 saturated heterocycles. The highest BCUT2D eigenvalue weighted by molar-refractivity contribution is 7.16. The second kappa shape index (κ2) is 13.4. The van der Waals surface area contributed by atoms with Crippen molar-refractivity contribution in [3.63, 3.8) is 0 Å². The van der Waals surface area contributed by atoms with Gasteiger partial charge in [0.05, 0.1) is 6.16 Å². The highest BCUT2D eigenvalue weighted by Gasteiger charge is 1.92. The quantitative estimate of drug-likeness (QED) is 0.341. The summed E-state index contributed by atoms with van der Waals surface area (Å²) in [6.07, 6.45) is 17.5. The van der Waals surface area contributed by atoms with E-state index in [1.165, 1.54) is 76.8 Å². The van der Waals surface area contributed by atoms with Crippen molar-refractivity contribution in [3.05, 3.63) is 0 Å². The molecule has 0 nitrogen and oxygen atoms in total. The van der Waals surface area contributed by atoms with E-state index in [9.17, 15) is 0 Å². The normalized spacial score (nSPS) is 10.9. The molecule has 0 spiro atoms. The van der Waals surface area contributed by atoms with Gasteiger partial charge in [0.15, 0.2) is 0 Å². The van der Waals surface area contributed by atoms with Crippen LogP contribution in [-0.2, 0) is 0 Å². The van der Waals surface area contributed by atoms with E-state index in [1.807, 2.05) is 0 Å². The Bertz CT molecular complexity index is 79.2. The van der Waals surface area contributed by atoms with Crippen molar-refractivity contribution in [2.45, 2.75) is 77.6 Å². The second-order valence-electron chi connectivity index (χ2n) is 4.39. The second-order valence-corrected chi connectivity index (χ2v) is 5.10. The van der Waals surface area contributed by atoms with Crippen LogP contribution in [0.25, 0.3) is 0 Å². The van der Waals surface area contributed by atoms with Gasteiger partial charge in [0.2, 0.25) is 0 Å². The fraction of sp³-hybridized carbons (Fsp3) is 1.00. The van der Waals surface area contributed by atoms with Gasteiger partial charge in [0.25, 0.3) is 0 Å². The minimum Gasteiger partial charge on any atom is -0.0654 e. The van der Waals surface area contributed by atoms with Gasteiger partial charge in [0, 0.05) is 0 Å². The first-order valence-corrected chi connectivity index (χ1v) is 7.71. The van der Waals surface area contributed by atoms with E-state index in [4.69, 9.17) is 0 Å². The Hall–Kier alpha value is 0.430. The maximum absolute atomic E-state index is 2.29. The van der Waals surface area contributed by atoms with Crippen molar-refractivity contribution in [3.8, 4) is 0 Å². The number of hydrogen-bond acceptors (Lipinski definition) is 0. The Labute approximate surface area is 93.4 Å². The lowest BCUT2D eigenvalue weighted by molar-refractivity contribution is 0.555. The van der Waals surface area contributed by atoms with Gasteiger partial charge in [-0.2, -0.15) is 0 Å². The molecule has 0 bridgehead atoms. The van der Waals surface area contributed by atoms with Crippen LogP contribution in [0, 0.1) is 0 Å². The van der Waals surface area contributed by atoms with Crippen molar-refractivity contribution in [1.29, 1.82) is 0 Å². The largest absolute Gasteiger partial charge is 0.0654 e. The molecular weight excluding hydrogens is 187 g/mol. The predicted octanol–water partition coefficient (Wildman–Crippen LogP) is 4.90. The fourth-order valence-electron chi connectivity index (χ4n) is 1.84. The van der Waals surface area contributed by atoms with E-state index in [0.29, 0.717) is 0 Å². The van der Waals surface area contributed by atoms with Gasteiger partial charge in [-0.3, -0.25) is 0 Å². The lowest BCUT2D eigenvalue weighted by Crippen LogP contribution is -1.82. The molecule has 1 unspecified atom stereocenters. The van der Waals surface area contributed by atoms with Gasteiger partial charge in [-0.15, -0.1) is 0 Å². The molecular formula is C13H30P+. The Balaban J connectivity index is 2.78. The molecule has 0 N–H and O–H groups in total. The van der Waals surface area contributed by atoms with Crippen LogP contribution in [-0.4, -0.2) is 6.16 Å². The summed E-state index contributed by atoms with van der Waals surface area (Å²) in [5.41, 5.74) is 0. The monoisotopic (exact) mass is 217 g/mol. The molecule has 0 fully saturated rings. The molecule has 0 rings (SSSR count). The first-order chi connectivity index (χ1) is 6.91. The molecule has 0 aromatic carbocycles. The van der Waals surface area contributed by atoms with Gasteiger partial charge < -0.3 is 0 Å². The van der Waals surface area contributed by atoms with Crippen molar-refractivity contribution >= 4 is 9.24 Å². The van der Waals surface area contributed by atoms with Gasteiger partial charge in [-0.25, -0.2) is 0 Å². The zero-order valence-electron chi connectivity index (χ0n) is 10.2. The zero-order valence-corrected chi connectivity index (χ0v) is 11.6. The number of rotatable bonds is 11. The molecule has 0 aromatic heterocycles. The Morgan fingerprint density at radius 3 is 1.29 bits per heavy atom. The minimum absolute atomic E-state index is 1.37. The molecule has 0 amide bonds. The standard InChI is InChI=1S/C13H29P/c1-2-3-4-5-6-7-8-9-10-11-12-13-14/h2-14H2,1H3/p+1. The molecule has 0 aliphatic heterocycles. The van der Waals surface area contributed by atoms with E-state index in [0.717, 1.165) is 0 Å². The SMILES string of the molecule is CCCCCCCCCCCCC[PH3+]. The molecule has 0 aliphatic carbocycles. The van der Waals surface area contributed by atoms with E-state index in [2.05, 4.69) is 16.2 Å². The summed E-state index contributed by atoms with van der Waals surface area (Å²) in [4.78, 5) is 0. The lowest BCUT2D eigenvalue weighted by atomic mass is 10.1. The van der Waals surface area contributed by atoms with Gasteiger partial charge in [0.1, 0.15) is 0 Å². The maximum Gasteiger partial charge on any atom is 0.0526 e. The van der Waals surface area contributed by atoms with Crippen LogP contribution in [0.2, 0.25) is 0 Å². The van der Waals surface area contributed by atoms with Crippen molar-refractivity contribution in [1.82, 2.24) is 0 Å². The predicted molar refractivity (Wildman–Crippen MR) is 72.4 cm³/mol. The van der Waals surface area contributed by atoms with Gasteiger partial charge in [-0.1, -0.05) is 64.7 Å². The van der Waals surface area contributed by atoms with Crippen LogP contribution in [0.5, 0.6) is 0 Å². The smallest absolute Gasteiger partial charge is 0.0526 e. The van der Waals surface area contributed by atoms with Crippen molar-refractivity contribution in [2.24, 2.45) is 0 Å². The Morgan fingerprint density at radius 2 is 0.929 bits per heavy atom. The average Bonchev–Trinajstić information content (AvgIpc) is 2.21. The molecule has 1 heteroatoms. The summed E-state index contributed by atoms with van der Waals surface area (Å²) < 4.78 is 0. The van der Waals surface area contributed by atoms with Gasteiger partial charge >= 0.3 is 0 Å². The number of unbranched alkanes of at least 4 members (excludes halogenated alkanes) is 10. The third-order valence-electron chi connectivity index (χ3n) is 2.85. The molecule has 0 radical (unpaired) electrons. The first-order valence-electron chi connectivity index (χ1n) is 6.71. The van der Waals surface area contributed by atoms with Crippen LogP contribution >= 0.6 is 9.24 Å². The fourth-order valence-corrected chi connectivity index (χ4v) is 2.19.